The molecule has 1 aliphatic rings. The minimum Gasteiger partial charge on any atom is -0.484 e. The number of nitrogens with one attached hydrogen (secondary N) is 1. The molecule has 3 aromatic heterocycles. The van der Waals surface area contributed by atoms with Crippen molar-refractivity contribution in [1.29, 1.82) is 0 Å². The molecular formula is C25H26ClN5O2S. The van der Waals surface area contributed by atoms with Crippen LogP contribution in [-0.2, 0) is 6.54 Å². The molecule has 9 heteroatoms. The maximum Gasteiger partial charge on any atom is 0.262 e. The van der Waals surface area contributed by atoms with E-state index < -0.39 is 5.91 Å². The van der Waals surface area contributed by atoms with Crippen molar-refractivity contribution in [3.8, 4) is 16.3 Å². The number of pyridine rings is 1. The van der Waals surface area contributed by atoms with Crippen LogP contribution in [0.15, 0.2) is 54.9 Å². The van der Waals surface area contributed by atoms with E-state index >= 15 is 0 Å². The van der Waals surface area contributed by atoms with Gasteiger partial charge in [-0.2, -0.15) is 0 Å². The number of carbonyl (C=O) groups excluding carboxylic acids is 1. The predicted octanol–water partition coefficient (Wildman–Crippen LogP) is 4.36. The number of nitrogens with two attached hydrogens (primary N) is 1. The number of piperazine rings is 1. The lowest BCUT2D eigenvalue weighted by Gasteiger charge is -2.27. The molecule has 1 fully saturated rings. The first kappa shape index (κ1) is 22.9. The van der Waals surface area contributed by atoms with Gasteiger partial charge >= 0.3 is 0 Å². The van der Waals surface area contributed by atoms with E-state index in [0.29, 0.717) is 15.6 Å². The van der Waals surface area contributed by atoms with E-state index in [1.807, 2.05) is 49.5 Å². The molecule has 1 saturated heterocycles. The second kappa shape index (κ2) is 9.76. The van der Waals surface area contributed by atoms with Crippen LogP contribution < -0.4 is 15.8 Å². The third-order valence-electron chi connectivity index (χ3n) is 6.00. The molecular weight excluding hydrogens is 470 g/mol. The highest BCUT2D eigenvalue weighted by Gasteiger charge is 2.21. The molecule has 0 bridgehead atoms. The molecule has 34 heavy (non-hydrogen) atoms. The fourth-order valence-corrected chi connectivity index (χ4v) is 5.49. The van der Waals surface area contributed by atoms with E-state index in [2.05, 4.69) is 31.9 Å². The van der Waals surface area contributed by atoms with Gasteiger partial charge in [0, 0.05) is 55.6 Å². The van der Waals surface area contributed by atoms with Gasteiger partial charge in [-0.25, -0.2) is 4.98 Å². The lowest BCUT2D eigenvalue weighted by atomic mass is 10.1. The quantitative estimate of drug-likeness (QED) is 0.398. The molecule has 0 radical (unpaired) electrons. The summed E-state index contributed by atoms with van der Waals surface area (Å²) in [5.74, 6) is -0.0716. The van der Waals surface area contributed by atoms with Gasteiger partial charge in [0.1, 0.15) is 22.4 Å². The Morgan fingerprint density at radius 3 is 2.82 bits per heavy atom. The fraction of sp³-hybridized carbons (Fsp3) is 0.280. The second-order valence-electron chi connectivity index (χ2n) is 8.39. The fourth-order valence-electron chi connectivity index (χ4n) is 4.25. The van der Waals surface area contributed by atoms with E-state index in [1.54, 1.807) is 0 Å². The summed E-state index contributed by atoms with van der Waals surface area (Å²) in [6, 6.07) is 13.5. The summed E-state index contributed by atoms with van der Waals surface area (Å²) in [5.41, 5.74) is 9.50. The minimum absolute atomic E-state index is 0.345. The zero-order valence-corrected chi connectivity index (χ0v) is 20.4. The summed E-state index contributed by atoms with van der Waals surface area (Å²) < 4.78 is 8.24. The molecule has 4 heterocycles. The van der Waals surface area contributed by atoms with Gasteiger partial charge in [-0.05, 0) is 24.6 Å². The van der Waals surface area contributed by atoms with Crippen molar-refractivity contribution in [3.63, 3.8) is 0 Å². The van der Waals surface area contributed by atoms with Crippen LogP contribution in [0.4, 0.5) is 0 Å². The van der Waals surface area contributed by atoms with E-state index in [9.17, 15) is 4.79 Å². The second-order valence-corrected chi connectivity index (χ2v) is 9.84. The molecule has 7 nitrogen and oxygen atoms in total. The maximum atomic E-state index is 12.2. The van der Waals surface area contributed by atoms with Gasteiger partial charge in [0.25, 0.3) is 5.91 Å². The first-order valence-electron chi connectivity index (χ1n) is 11.2. The number of nitrogens with zero attached hydrogens (tertiary/aromatic N) is 3. The van der Waals surface area contributed by atoms with Gasteiger partial charge < -0.3 is 15.8 Å². The van der Waals surface area contributed by atoms with E-state index in [4.69, 9.17) is 22.1 Å². The Bertz CT molecular complexity index is 1330. The molecule has 176 valence electrons. The van der Waals surface area contributed by atoms with Crippen LogP contribution in [0.2, 0.25) is 5.02 Å². The van der Waals surface area contributed by atoms with Crippen LogP contribution in [0.3, 0.4) is 0 Å². The Morgan fingerprint density at radius 1 is 1.26 bits per heavy atom. The number of carbonyl (C=O) groups is 1. The number of hydrogen-bond donors (Lipinski definition) is 2. The summed E-state index contributed by atoms with van der Waals surface area (Å²) >= 11 is 7.65. The van der Waals surface area contributed by atoms with Crippen molar-refractivity contribution in [2.24, 2.45) is 5.73 Å². The molecule has 0 unspecified atom stereocenters. The average molecular weight is 496 g/mol. The van der Waals surface area contributed by atoms with Gasteiger partial charge in [0.15, 0.2) is 0 Å². The average Bonchev–Trinajstić information content (AvgIpc) is 3.44. The number of hydrogen-bond acceptors (Lipinski definition) is 6. The van der Waals surface area contributed by atoms with Gasteiger partial charge in [-0.3, -0.25) is 14.1 Å². The van der Waals surface area contributed by atoms with E-state index in [-0.39, 0.29) is 6.10 Å². The van der Waals surface area contributed by atoms with Crippen LogP contribution >= 0.6 is 22.9 Å². The first-order chi connectivity index (χ1) is 16.5. The van der Waals surface area contributed by atoms with Crippen LogP contribution in [0.1, 0.15) is 33.8 Å². The number of aromatic nitrogens is 2. The van der Waals surface area contributed by atoms with Crippen LogP contribution in [0.5, 0.6) is 5.75 Å². The molecule has 1 amide bonds. The zero-order chi connectivity index (χ0) is 23.7. The third kappa shape index (κ3) is 4.67. The summed E-state index contributed by atoms with van der Waals surface area (Å²) in [4.78, 5) is 20.5. The molecule has 3 N–H and O–H groups in total. The number of primary amides is 1. The number of halogens is 1. The number of ether oxygens (including phenoxy) is 1. The third-order valence-corrected chi connectivity index (χ3v) is 7.50. The standard InChI is InChI=1S/C25H26ClN5O2S/c1-16(18-4-2-3-5-19(18)26)33-21-12-22(34-24(21)25(27)32)20-13-29-23-7-6-17(15-31(20)23)14-30-10-8-28-9-11-30/h2-7,12-13,15-16,28H,8-11,14H2,1H3,(H2,27,32)/t16-/m1/s1. The van der Waals surface area contributed by atoms with E-state index in [0.717, 1.165) is 54.5 Å². The van der Waals surface area contributed by atoms with Crippen molar-refractivity contribution >= 4 is 34.5 Å². The predicted molar refractivity (Wildman–Crippen MR) is 136 cm³/mol. The Hall–Kier alpha value is -2.91. The SMILES string of the molecule is C[C@@H](Oc1cc(-c2cnc3ccc(CN4CCNCC4)cn23)sc1C(N)=O)c1ccccc1Cl. The van der Waals surface area contributed by atoms with Crippen molar-refractivity contribution in [3.05, 3.63) is 75.9 Å². The van der Waals surface area contributed by atoms with Crippen molar-refractivity contribution in [2.45, 2.75) is 19.6 Å². The first-order valence-corrected chi connectivity index (χ1v) is 12.4. The van der Waals surface area contributed by atoms with Crippen LogP contribution in [-0.4, -0.2) is 46.4 Å². The number of imidazole rings is 1. The van der Waals surface area contributed by atoms with Gasteiger partial charge in [0.05, 0.1) is 16.8 Å². The summed E-state index contributed by atoms with van der Waals surface area (Å²) in [7, 11) is 0. The number of fused-ring (bicyclic) bond motifs is 1. The Morgan fingerprint density at radius 2 is 2.06 bits per heavy atom. The summed E-state index contributed by atoms with van der Waals surface area (Å²) in [5, 5.41) is 4.00. The Balaban J connectivity index is 1.46. The number of rotatable bonds is 7. The Labute approximate surface area is 207 Å². The highest BCUT2D eigenvalue weighted by Crippen LogP contribution is 2.39. The summed E-state index contributed by atoms with van der Waals surface area (Å²) in [6.07, 6.45) is 3.60. The summed E-state index contributed by atoms with van der Waals surface area (Å²) in [6.45, 7) is 6.88. The van der Waals surface area contributed by atoms with Crippen molar-refractivity contribution in [1.82, 2.24) is 19.6 Å². The molecule has 1 aliphatic heterocycles. The minimum atomic E-state index is -0.522. The Kier molecular flexibility index (Phi) is 6.56. The maximum absolute atomic E-state index is 12.2. The molecule has 0 saturated carbocycles. The van der Waals surface area contributed by atoms with Crippen molar-refractivity contribution in [2.75, 3.05) is 26.2 Å². The van der Waals surface area contributed by atoms with Crippen molar-refractivity contribution < 1.29 is 9.53 Å². The van der Waals surface area contributed by atoms with E-state index in [1.165, 1.54) is 16.9 Å². The molecule has 4 aromatic rings. The zero-order valence-electron chi connectivity index (χ0n) is 18.8. The number of benzene rings is 1. The van der Waals surface area contributed by atoms with Gasteiger partial charge in [-0.1, -0.05) is 35.9 Å². The molecule has 0 aliphatic carbocycles. The highest BCUT2D eigenvalue weighted by molar-refractivity contribution is 7.17. The normalized spacial score (nSPS) is 15.5. The van der Waals surface area contributed by atoms with Crippen LogP contribution in [0.25, 0.3) is 16.2 Å². The lowest BCUT2D eigenvalue weighted by molar-refractivity contribution is 0.0998. The molecule has 0 spiro atoms. The van der Waals surface area contributed by atoms with Gasteiger partial charge in [-0.15, -0.1) is 11.3 Å². The number of thiophene rings is 1. The topological polar surface area (TPSA) is 84.9 Å². The lowest BCUT2D eigenvalue weighted by Crippen LogP contribution is -2.42. The monoisotopic (exact) mass is 495 g/mol. The smallest absolute Gasteiger partial charge is 0.262 e. The molecule has 5 rings (SSSR count). The largest absolute Gasteiger partial charge is 0.484 e. The molecule has 1 aromatic carbocycles. The highest BCUT2D eigenvalue weighted by atomic mass is 35.5. The number of amides is 1. The van der Waals surface area contributed by atoms with Crippen LogP contribution in [0, 0.1) is 0 Å². The molecule has 1 atom stereocenters. The van der Waals surface area contributed by atoms with Gasteiger partial charge in [0.2, 0.25) is 0 Å².